The average molecular weight is 446 g/mol. The highest BCUT2D eigenvalue weighted by molar-refractivity contribution is 6.37. The van der Waals surface area contributed by atoms with Gasteiger partial charge in [-0.15, -0.1) is 0 Å². The van der Waals surface area contributed by atoms with Crippen LogP contribution in [0.3, 0.4) is 0 Å². The number of rotatable bonds is 9. The van der Waals surface area contributed by atoms with Gasteiger partial charge in [0, 0.05) is 22.8 Å². The number of aliphatic carboxylic acids is 1. The minimum atomic E-state index is -1.15. The fourth-order valence-corrected chi connectivity index (χ4v) is 3.20. The molecule has 2 aromatic carbocycles. The van der Waals surface area contributed by atoms with Crippen LogP contribution >= 0.6 is 34.8 Å². The van der Waals surface area contributed by atoms with Crippen molar-refractivity contribution in [1.29, 1.82) is 0 Å². The molecule has 0 fully saturated rings. The van der Waals surface area contributed by atoms with E-state index in [0.29, 0.717) is 5.02 Å². The van der Waals surface area contributed by atoms with Crippen molar-refractivity contribution < 1.29 is 19.4 Å². The number of carboxylic acid groups (broad SMARTS) is 1. The van der Waals surface area contributed by atoms with Crippen molar-refractivity contribution in [2.24, 2.45) is 0 Å². The third-order valence-electron chi connectivity index (χ3n) is 3.58. The van der Waals surface area contributed by atoms with Crippen LogP contribution in [0.4, 0.5) is 5.69 Å². The molecule has 0 unspecified atom stereocenters. The number of hydrogen-bond donors (Lipinski definition) is 3. The van der Waals surface area contributed by atoms with Gasteiger partial charge in [0.15, 0.2) is 5.75 Å². The summed E-state index contributed by atoms with van der Waals surface area (Å²) < 4.78 is 5.72. The summed E-state index contributed by atoms with van der Waals surface area (Å²) in [6, 6.07) is 8.24. The minimum Gasteiger partial charge on any atom is -0.486 e. The van der Waals surface area contributed by atoms with Crippen LogP contribution in [0.1, 0.15) is 29.3 Å². The van der Waals surface area contributed by atoms with Crippen molar-refractivity contribution in [3.05, 3.63) is 56.5 Å². The molecule has 2 aromatic rings. The first kappa shape index (κ1) is 22.1. The van der Waals surface area contributed by atoms with Gasteiger partial charge in [0.1, 0.15) is 13.2 Å². The van der Waals surface area contributed by atoms with E-state index in [1.807, 2.05) is 12.1 Å². The Labute approximate surface area is 177 Å². The van der Waals surface area contributed by atoms with Crippen LogP contribution in [-0.4, -0.2) is 30.1 Å². The Morgan fingerprint density at radius 2 is 1.75 bits per heavy atom. The van der Waals surface area contributed by atoms with E-state index in [2.05, 4.69) is 17.6 Å². The fourth-order valence-electron chi connectivity index (χ4n) is 2.35. The van der Waals surface area contributed by atoms with Crippen molar-refractivity contribution in [3.63, 3.8) is 0 Å². The molecule has 0 aliphatic rings. The molecular formula is C19H19Cl3N2O4. The van der Waals surface area contributed by atoms with Crippen LogP contribution in [-0.2, 0) is 11.4 Å². The maximum atomic E-state index is 12.0. The van der Waals surface area contributed by atoms with E-state index < -0.39 is 18.4 Å². The second-order valence-electron chi connectivity index (χ2n) is 5.91. The van der Waals surface area contributed by atoms with Gasteiger partial charge >= 0.3 is 5.97 Å². The lowest BCUT2D eigenvalue weighted by Gasteiger charge is -2.13. The summed E-state index contributed by atoms with van der Waals surface area (Å²) in [5, 5.41) is 15.0. The number of carboxylic acids is 1. The number of halogens is 3. The molecule has 0 aliphatic carbocycles. The average Bonchev–Trinajstić information content (AvgIpc) is 2.63. The Morgan fingerprint density at radius 1 is 1.07 bits per heavy atom. The molecule has 1 amide bonds. The van der Waals surface area contributed by atoms with E-state index in [-0.39, 0.29) is 28.0 Å². The maximum absolute atomic E-state index is 12.0. The molecule has 2 rings (SSSR count). The van der Waals surface area contributed by atoms with Crippen molar-refractivity contribution >= 4 is 52.4 Å². The first-order chi connectivity index (χ1) is 13.3. The zero-order chi connectivity index (χ0) is 20.7. The molecule has 0 aliphatic heterocycles. The third-order valence-corrected chi connectivity index (χ3v) is 4.36. The molecule has 3 N–H and O–H groups in total. The second-order valence-corrected chi connectivity index (χ2v) is 7.16. The number of amides is 1. The standard InChI is InChI=1S/C19H19Cl3N2O4/c1-2-3-23-14-5-11(4-13(20)8-14)10-28-18-15(21)6-12(7-16(18)22)19(27)24-9-17(25)26/h4-8,23H,2-3,9-10H2,1H3,(H,24,27)(H,25,26). The maximum Gasteiger partial charge on any atom is 0.322 e. The molecular weight excluding hydrogens is 427 g/mol. The number of hydrogen-bond acceptors (Lipinski definition) is 4. The first-order valence-electron chi connectivity index (χ1n) is 8.45. The molecule has 0 atom stereocenters. The van der Waals surface area contributed by atoms with Gasteiger partial charge in [0.2, 0.25) is 0 Å². The third kappa shape index (κ3) is 6.48. The SMILES string of the molecule is CCCNc1cc(Cl)cc(COc2c(Cl)cc(C(=O)NCC(=O)O)cc2Cl)c1. The Hall–Kier alpha value is -2.15. The number of carbonyl (C=O) groups excluding carboxylic acids is 1. The molecule has 0 bridgehead atoms. The molecule has 0 heterocycles. The number of ether oxygens (including phenoxy) is 1. The number of anilines is 1. The van der Waals surface area contributed by atoms with Crippen LogP contribution in [0.25, 0.3) is 0 Å². The highest BCUT2D eigenvalue weighted by Crippen LogP contribution is 2.35. The van der Waals surface area contributed by atoms with Crippen molar-refractivity contribution in [3.8, 4) is 5.75 Å². The van der Waals surface area contributed by atoms with E-state index in [4.69, 9.17) is 44.6 Å². The van der Waals surface area contributed by atoms with E-state index in [1.54, 1.807) is 6.07 Å². The van der Waals surface area contributed by atoms with E-state index in [1.165, 1.54) is 12.1 Å². The topological polar surface area (TPSA) is 87.7 Å². The zero-order valence-corrected chi connectivity index (χ0v) is 17.3. The molecule has 9 heteroatoms. The lowest BCUT2D eigenvalue weighted by Crippen LogP contribution is -2.29. The predicted octanol–water partition coefficient (Wildman–Crippen LogP) is 4.86. The van der Waals surface area contributed by atoms with Crippen LogP contribution in [0.5, 0.6) is 5.75 Å². The molecule has 0 spiro atoms. The van der Waals surface area contributed by atoms with Gasteiger partial charge in [-0.25, -0.2) is 0 Å². The molecule has 0 saturated heterocycles. The Kier molecular flexibility index (Phi) is 8.23. The zero-order valence-electron chi connectivity index (χ0n) is 15.0. The normalized spacial score (nSPS) is 10.4. The highest BCUT2D eigenvalue weighted by atomic mass is 35.5. The summed E-state index contributed by atoms with van der Waals surface area (Å²) in [7, 11) is 0. The minimum absolute atomic E-state index is 0.136. The summed E-state index contributed by atoms with van der Waals surface area (Å²) in [6.45, 7) is 2.56. The molecule has 0 aromatic heterocycles. The molecule has 0 saturated carbocycles. The summed E-state index contributed by atoms with van der Waals surface area (Å²) in [6.07, 6.45) is 0.982. The van der Waals surface area contributed by atoms with E-state index >= 15 is 0 Å². The van der Waals surface area contributed by atoms with Crippen LogP contribution < -0.4 is 15.4 Å². The first-order valence-corrected chi connectivity index (χ1v) is 9.58. The smallest absolute Gasteiger partial charge is 0.322 e. The van der Waals surface area contributed by atoms with Crippen LogP contribution in [0.2, 0.25) is 15.1 Å². The summed E-state index contributed by atoms with van der Waals surface area (Å²) in [5.41, 5.74) is 1.84. The predicted molar refractivity (Wildman–Crippen MR) is 111 cm³/mol. The van der Waals surface area contributed by atoms with Gasteiger partial charge in [0.05, 0.1) is 10.0 Å². The number of carbonyl (C=O) groups is 2. The summed E-state index contributed by atoms with van der Waals surface area (Å²) in [4.78, 5) is 22.5. The quantitative estimate of drug-likeness (QED) is 0.513. The molecule has 150 valence electrons. The molecule has 6 nitrogen and oxygen atoms in total. The van der Waals surface area contributed by atoms with Crippen molar-refractivity contribution in [1.82, 2.24) is 5.32 Å². The monoisotopic (exact) mass is 444 g/mol. The van der Waals surface area contributed by atoms with Gasteiger partial charge in [-0.1, -0.05) is 41.7 Å². The number of benzene rings is 2. The van der Waals surface area contributed by atoms with Gasteiger partial charge in [-0.2, -0.15) is 0 Å². The van der Waals surface area contributed by atoms with E-state index in [9.17, 15) is 9.59 Å². The van der Waals surface area contributed by atoms with Crippen LogP contribution in [0, 0.1) is 0 Å². The molecule has 0 radical (unpaired) electrons. The highest BCUT2D eigenvalue weighted by Gasteiger charge is 2.15. The molecule has 28 heavy (non-hydrogen) atoms. The van der Waals surface area contributed by atoms with Gasteiger partial charge in [-0.3, -0.25) is 9.59 Å². The fraction of sp³-hybridized carbons (Fsp3) is 0.263. The summed E-state index contributed by atoms with van der Waals surface area (Å²) in [5.74, 6) is -1.53. The van der Waals surface area contributed by atoms with E-state index in [0.717, 1.165) is 24.2 Å². The Bertz CT molecular complexity index is 851. The van der Waals surface area contributed by atoms with Crippen molar-refractivity contribution in [2.45, 2.75) is 20.0 Å². The number of nitrogens with one attached hydrogen (secondary N) is 2. The van der Waals surface area contributed by atoms with Gasteiger partial charge in [0.25, 0.3) is 5.91 Å². The van der Waals surface area contributed by atoms with Gasteiger partial charge in [-0.05, 0) is 42.3 Å². The summed E-state index contributed by atoms with van der Waals surface area (Å²) >= 11 is 18.5. The van der Waals surface area contributed by atoms with Crippen LogP contribution in [0.15, 0.2) is 30.3 Å². The lowest BCUT2D eigenvalue weighted by atomic mass is 10.2. The largest absolute Gasteiger partial charge is 0.486 e. The van der Waals surface area contributed by atoms with Gasteiger partial charge < -0.3 is 20.5 Å². The lowest BCUT2D eigenvalue weighted by molar-refractivity contribution is -0.135. The second kappa shape index (κ2) is 10.4. The van der Waals surface area contributed by atoms with Crippen molar-refractivity contribution in [2.75, 3.05) is 18.4 Å². The Balaban J connectivity index is 2.11. The Morgan fingerprint density at radius 3 is 2.36 bits per heavy atom.